The Morgan fingerprint density at radius 3 is 2.57 bits per heavy atom. The number of nitrogen functional groups attached to an aromatic ring is 1. The summed E-state index contributed by atoms with van der Waals surface area (Å²) in [7, 11) is 0. The molecule has 0 fully saturated rings. The lowest BCUT2D eigenvalue weighted by atomic mass is 10.1. The largest absolute Gasteiger partial charge is 0.384 e. The van der Waals surface area contributed by atoms with E-state index in [-0.39, 0.29) is 5.84 Å². The summed E-state index contributed by atoms with van der Waals surface area (Å²) in [5.74, 6) is 0.150. The Morgan fingerprint density at radius 1 is 1.43 bits per heavy atom. The second-order valence-corrected chi connectivity index (χ2v) is 5.20. The predicted molar refractivity (Wildman–Crippen MR) is 63.2 cm³/mol. The third kappa shape index (κ3) is 2.77. The van der Waals surface area contributed by atoms with Crippen molar-refractivity contribution in [3.8, 4) is 0 Å². The second-order valence-electron chi connectivity index (χ2n) is 3.58. The first-order valence-corrected chi connectivity index (χ1v) is 5.50. The summed E-state index contributed by atoms with van der Waals surface area (Å²) in [5.41, 5.74) is 7.52. The molecule has 0 unspecified atom stereocenters. The zero-order chi connectivity index (χ0) is 10.7. The Kier molecular flexibility index (Phi) is 3.58. The van der Waals surface area contributed by atoms with E-state index in [0.29, 0.717) is 5.25 Å². The van der Waals surface area contributed by atoms with Crippen LogP contribution in [-0.4, -0.2) is 11.1 Å². The van der Waals surface area contributed by atoms with Gasteiger partial charge in [-0.3, -0.25) is 5.41 Å². The van der Waals surface area contributed by atoms with Crippen molar-refractivity contribution in [2.75, 3.05) is 0 Å². The molecule has 3 heteroatoms. The molecule has 0 spiro atoms. The number of amidine groups is 1. The highest BCUT2D eigenvalue weighted by atomic mass is 32.2. The minimum Gasteiger partial charge on any atom is -0.384 e. The van der Waals surface area contributed by atoms with Crippen LogP contribution in [-0.2, 0) is 0 Å². The molecule has 0 aliphatic rings. The van der Waals surface area contributed by atoms with Crippen molar-refractivity contribution in [1.29, 1.82) is 5.41 Å². The molecule has 0 saturated heterocycles. The Morgan fingerprint density at radius 2 is 2.07 bits per heavy atom. The highest BCUT2D eigenvalue weighted by molar-refractivity contribution is 8.00. The van der Waals surface area contributed by atoms with Gasteiger partial charge in [-0.1, -0.05) is 25.5 Å². The van der Waals surface area contributed by atoms with Crippen molar-refractivity contribution >= 4 is 17.6 Å². The zero-order valence-electron chi connectivity index (χ0n) is 8.79. The van der Waals surface area contributed by atoms with Crippen LogP contribution < -0.4 is 5.73 Å². The molecule has 0 amide bonds. The van der Waals surface area contributed by atoms with Crippen LogP contribution in [0.3, 0.4) is 0 Å². The van der Waals surface area contributed by atoms with Gasteiger partial charge in [0.05, 0.1) is 0 Å². The van der Waals surface area contributed by atoms with E-state index in [4.69, 9.17) is 11.1 Å². The van der Waals surface area contributed by atoms with Gasteiger partial charge in [0.15, 0.2) is 0 Å². The molecule has 0 heterocycles. The van der Waals surface area contributed by atoms with E-state index in [9.17, 15) is 0 Å². The number of rotatable bonds is 3. The summed E-state index contributed by atoms with van der Waals surface area (Å²) in [6.45, 7) is 6.28. The number of aryl methyl sites for hydroxylation is 1. The quantitative estimate of drug-likeness (QED) is 0.456. The van der Waals surface area contributed by atoms with Crippen LogP contribution in [0, 0.1) is 12.3 Å². The average Bonchev–Trinajstić information content (AvgIpc) is 2.07. The normalized spacial score (nSPS) is 10.6. The van der Waals surface area contributed by atoms with E-state index < -0.39 is 0 Å². The summed E-state index contributed by atoms with van der Waals surface area (Å²) in [6, 6.07) is 6.06. The summed E-state index contributed by atoms with van der Waals surface area (Å²) < 4.78 is 0. The van der Waals surface area contributed by atoms with Gasteiger partial charge < -0.3 is 5.73 Å². The topological polar surface area (TPSA) is 49.9 Å². The van der Waals surface area contributed by atoms with E-state index >= 15 is 0 Å². The summed E-state index contributed by atoms with van der Waals surface area (Å²) in [6.07, 6.45) is 0. The predicted octanol–water partition coefficient (Wildman–Crippen LogP) is 2.78. The molecule has 0 atom stereocenters. The Labute approximate surface area is 89.4 Å². The van der Waals surface area contributed by atoms with Crippen molar-refractivity contribution in [3.05, 3.63) is 29.3 Å². The number of hydrogen-bond donors (Lipinski definition) is 2. The molecule has 1 rings (SSSR count). The van der Waals surface area contributed by atoms with Crippen LogP contribution in [0.15, 0.2) is 23.1 Å². The lowest BCUT2D eigenvalue weighted by Crippen LogP contribution is -2.12. The van der Waals surface area contributed by atoms with Crippen LogP contribution in [0.1, 0.15) is 25.0 Å². The van der Waals surface area contributed by atoms with Crippen molar-refractivity contribution in [1.82, 2.24) is 0 Å². The molecule has 0 saturated carbocycles. The van der Waals surface area contributed by atoms with Gasteiger partial charge in [0.1, 0.15) is 5.84 Å². The maximum Gasteiger partial charge on any atom is 0.123 e. The number of nitrogens with one attached hydrogen (secondary N) is 1. The molecule has 2 nitrogen and oxygen atoms in total. The molecular formula is C11H16N2S. The summed E-state index contributed by atoms with van der Waals surface area (Å²) >= 11 is 1.74. The molecule has 0 aliphatic carbocycles. The van der Waals surface area contributed by atoms with Crippen molar-refractivity contribution in [3.63, 3.8) is 0 Å². The Bertz CT molecular complexity index is 345. The van der Waals surface area contributed by atoms with Crippen molar-refractivity contribution in [2.45, 2.75) is 30.9 Å². The highest BCUT2D eigenvalue weighted by Gasteiger charge is 2.07. The minimum absolute atomic E-state index is 0.150. The van der Waals surface area contributed by atoms with E-state index in [1.165, 1.54) is 0 Å². The van der Waals surface area contributed by atoms with E-state index in [2.05, 4.69) is 19.9 Å². The first kappa shape index (κ1) is 11.1. The van der Waals surface area contributed by atoms with Crippen LogP contribution in [0.4, 0.5) is 0 Å². The van der Waals surface area contributed by atoms with Gasteiger partial charge in [0.2, 0.25) is 0 Å². The summed E-state index contributed by atoms with van der Waals surface area (Å²) in [4.78, 5) is 1.10. The Hall–Kier alpha value is -0.960. The standard InChI is InChI=1S/C11H16N2S/c1-7(2)14-10-5-4-8(3)6-9(10)11(12)13/h4-7H,1-3H3,(H3,12,13). The van der Waals surface area contributed by atoms with E-state index in [1.54, 1.807) is 11.8 Å². The molecule has 0 radical (unpaired) electrons. The van der Waals surface area contributed by atoms with Crippen molar-refractivity contribution < 1.29 is 0 Å². The second kappa shape index (κ2) is 4.51. The average molecular weight is 208 g/mol. The fourth-order valence-electron chi connectivity index (χ4n) is 1.21. The first-order chi connectivity index (χ1) is 6.50. The van der Waals surface area contributed by atoms with Gasteiger partial charge in [0.25, 0.3) is 0 Å². The van der Waals surface area contributed by atoms with Gasteiger partial charge in [-0.2, -0.15) is 0 Å². The minimum atomic E-state index is 0.150. The maximum absolute atomic E-state index is 7.48. The highest BCUT2D eigenvalue weighted by Crippen LogP contribution is 2.27. The molecule has 14 heavy (non-hydrogen) atoms. The van der Waals surface area contributed by atoms with Gasteiger partial charge in [-0.05, 0) is 19.1 Å². The number of benzene rings is 1. The van der Waals surface area contributed by atoms with E-state index in [0.717, 1.165) is 16.0 Å². The molecule has 1 aromatic carbocycles. The number of hydrogen-bond acceptors (Lipinski definition) is 2. The molecule has 3 N–H and O–H groups in total. The smallest absolute Gasteiger partial charge is 0.123 e. The fourth-order valence-corrected chi connectivity index (χ4v) is 2.16. The van der Waals surface area contributed by atoms with Crippen LogP contribution in [0.5, 0.6) is 0 Å². The monoisotopic (exact) mass is 208 g/mol. The Balaban J connectivity index is 3.08. The molecular weight excluding hydrogens is 192 g/mol. The maximum atomic E-state index is 7.48. The SMILES string of the molecule is Cc1ccc(SC(C)C)c(C(=N)N)c1. The van der Waals surface area contributed by atoms with Crippen molar-refractivity contribution in [2.24, 2.45) is 5.73 Å². The van der Waals surface area contributed by atoms with Gasteiger partial charge in [-0.15, -0.1) is 11.8 Å². The molecule has 0 bridgehead atoms. The van der Waals surface area contributed by atoms with Crippen LogP contribution in [0.2, 0.25) is 0 Å². The summed E-state index contributed by atoms with van der Waals surface area (Å²) in [5, 5.41) is 7.99. The van der Waals surface area contributed by atoms with Gasteiger partial charge in [-0.25, -0.2) is 0 Å². The molecule has 0 aliphatic heterocycles. The number of thioether (sulfide) groups is 1. The fraction of sp³-hybridized carbons (Fsp3) is 0.364. The third-order valence-electron chi connectivity index (χ3n) is 1.79. The van der Waals surface area contributed by atoms with Crippen LogP contribution in [0.25, 0.3) is 0 Å². The van der Waals surface area contributed by atoms with Gasteiger partial charge in [0, 0.05) is 15.7 Å². The first-order valence-electron chi connectivity index (χ1n) is 4.62. The van der Waals surface area contributed by atoms with Crippen LogP contribution >= 0.6 is 11.8 Å². The van der Waals surface area contributed by atoms with Gasteiger partial charge >= 0.3 is 0 Å². The molecule has 76 valence electrons. The van der Waals surface area contributed by atoms with E-state index in [1.807, 2.05) is 19.1 Å². The molecule has 0 aromatic heterocycles. The molecule has 1 aromatic rings. The lowest BCUT2D eigenvalue weighted by Gasteiger charge is -2.10. The number of nitrogens with two attached hydrogens (primary N) is 1. The zero-order valence-corrected chi connectivity index (χ0v) is 9.61. The third-order valence-corrected chi connectivity index (χ3v) is 2.87. The lowest BCUT2D eigenvalue weighted by molar-refractivity contribution is 1.11.